The molecule has 0 aromatic rings. The van der Waals surface area contributed by atoms with E-state index in [0.717, 1.165) is 0 Å². The van der Waals surface area contributed by atoms with Gasteiger partial charge in [-0.15, -0.1) is 0 Å². The highest BCUT2D eigenvalue weighted by atomic mass is 16.5. The molecule has 0 spiro atoms. The Hall–Kier alpha value is -1.06. The Labute approximate surface area is 67.9 Å². The quantitative estimate of drug-likeness (QED) is 0.531. The molecule has 0 saturated heterocycles. The lowest BCUT2D eigenvalue weighted by Gasteiger charge is -1.80. The summed E-state index contributed by atoms with van der Waals surface area (Å²) < 4.78 is 4.11. The number of hydrogen-bond donors (Lipinski definition) is 1. The molecule has 0 bridgehead atoms. The van der Waals surface area contributed by atoms with Crippen LogP contribution in [0.2, 0.25) is 0 Å². The minimum Gasteiger partial charge on any atom is -0.469 e. The highest BCUT2D eigenvalue weighted by molar-refractivity contribution is 5.72. The van der Waals surface area contributed by atoms with Gasteiger partial charge in [0.2, 0.25) is 5.91 Å². The van der Waals surface area contributed by atoms with Gasteiger partial charge in [0.15, 0.2) is 0 Å². The molecule has 0 atom stereocenters. The fraction of sp³-hybridized carbons (Fsp3) is 0.714. The van der Waals surface area contributed by atoms with E-state index in [-0.39, 0.29) is 19.3 Å². The van der Waals surface area contributed by atoms with Gasteiger partial charge in [-0.25, -0.2) is 0 Å². The number of ether oxygens (including phenoxy) is 1. The van der Waals surface area contributed by atoms with E-state index < -0.39 is 0 Å². The van der Waals surface area contributed by atoms with Crippen LogP contribution < -0.4 is 5.32 Å². The Kier molecular flexibility index (Phi) is 17.5. The minimum atomic E-state index is -0.245. The van der Waals surface area contributed by atoms with E-state index >= 15 is 0 Å². The van der Waals surface area contributed by atoms with Crippen molar-refractivity contribution in [2.75, 3.05) is 14.2 Å². The van der Waals surface area contributed by atoms with Gasteiger partial charge in [-0.1, -0.05) is 7.43 Å². The number of rotatable bonds is 0. The first-order chi connectivity index (χ1) is 4.54. The third-order valence-electron chi connectivity index (χ3n) is 0.640. The van der Waals surface area contributed by atoms with Gasteiger partial charge in [0.1, 0.15) is 0 Å². The maximum Gasteiger partial charge on any atom is 0.302 e. The van der Waals surface area contributed by atoms with Crippen molar-refractivity contribution in [2.24, 2.45) is 0 Å². The van der Waals surface area contributed by atoms with Crippen LogP contribution in [-0.4, -0.2) is 26.0 Å². The number of amides is 1. The molecule has 0 aromatic heterocycles. The molecule has 4 heteroatoms. The van der Waals surface area contributed by atoms with Crippen molar-refractivity contribution < 1.29 is 14.3 Å². The fourth-order valence-corrected chi connectivity index (χ4v) is 0. The molecular formula is C7H17NO3. The third-order valence-corrected chi connectivity index (χ3v) is 0.640. The van der Waals surface area contributed by atoms with E-state index in [1.807, 2.05) is 0 Å². The summed E-state index contributed by atoms with van der Waals surface area (Å²) in [7, 11) is 2.95. The standard InChI is InChI=1S/C3H7NO.C3H6O2.CH4/c1-3(5)4-2;1-3(4)5-2;/h1-2H3,(H,4,5);1-2H3;1H4. The van der Waals surface area contributed by atoms with Crippen LogP contribution in [0.1, 0.15) is 21.3 Å². The largest absolute Gasteiger partial charge is 0.469 e. The molecule has 4 nitrogen and oxygen atoms in total. The number of methoxy groups -OCH3 is 1. The first-order valence-corrected chi connectivity index (χ1v) is 2.77. The zero-order valence-corrected chi connectivity index (χ0v) is 6.72. The van der Waals surface area contributed by atoms with Crippen LogP contribution in [0, 0.1) is 0 Å². The topological polar surface area (TPSA) is 55.4 Å². The summed E-state index contributed by atoms with van der Waals surface area (Å²) in [6.07, 6.45) is 0. The van der Waals surface area contributed by atoms with E-state index in [1.165, 1.54) is 21.0 Å². The molecule has 0 aromatic carbocycles. The second-order valence-corrected chi connectivity index (χ2v) is 1.50. The fourth-order valence-electron chi connectivity index (χ4n) is 0. The average molecular weight is 163 g/mol. The van der Waals surface area contributed by atoms with Gasteiger partial charge in [-0.2, -0.15) is 0 Å². The molecule has 11 heavy (non-hydrogen) atoms. The molecule has 1 N–H and O–H groups in total. The maximum atomic E-state index is 9.70. The van der Waals surface area contributed by atoms with Crippen LogP contribution in [0.4, 0.5) is 0 Å². The highest BCUT2D eigenvalue weighted by Gasteiger charge is 1.75. The predicted molar refractivity (Wildman–Crippen MR) is 44.2 cm³/mol. The molecule has 0 fully saturated rings. The Morgan fingerprint density at radius 1 is 1.27 bits per heavy atom. The summed E-state index contributed by atoms with van der Waals surface area (Å²) in [5.41, 5.74) is 0. The van der Waals surface area contributed by atoms with Gasteiger partial charge in [-0.05, 0) is 0 Å². The molecule has 0 heterocycles. The van der Waals surface area contributed by atoms with E-state index in [4.69, 9.17) is 0 Å². The second kappa shape index (κ2) is 11.7. The second-order valence-electron chi connectivity index (χ2n) is 1.50. The number of hydrogen-bond acceptors (Lipinski definition) is 3. The van der Waals surface area contributed by atoms with Crippen LogP contribution in [0.15, 0.2) is 0 Å². The zero-order chi connectivity index (χ0) is 8.57. The number of esters is 1. The molecule has 0 saturated carbocycles. The summed E-state index contributed by atoms with van der Waals surface area (Å²) >= 11 is 0. The van der Waals surface area contributed by atoms with Crippen LogP contribution >= 0.6 is 0 Å². The van der Waals surface area contributed by atoms with Crippen LogP contribution in [0.25, 0.3) is 0 Å². The number of carbonyl (C=O) groups excluding carboxylic acids is 2. The summed E-state index contributed by atoms with van der Waals surface area (Å²) in [6, 6.07) is 0. The van der Waals surface area contributed by atoms with Crippen molar-refractivity contribution in [3.8, 4) is 0 Å². The van der Waals surface area contributed by atoms with E-state index in [1.54, 1.807) is 7.05 Å². The van der Waals surface area contributed by atoms with Gasteiger partial charge in [0, 0.05) is 20.9 Å². The van der Waals surface area contributed by atoms with Crippen molar-refractivity contribution in [1.82, 2.24) is 5.32 Å². The normalized spacial score (nSPS) is 6.18. The Morgan fingerprint density at radius 3 is 1.45 bits per heavy atom. The third kappa shape index (κ3) is 49.8. The monoisotopic (exact) mass is 163 g/mol. The van der Waals surface area contributed by atoms with Gasteiger partial charge in [-0.3, -0.25) is 9.59 Å². The minimum absolute atomic E-state index is 0. The van der Waals surface area contributed by atoms with Crippen molar-refractivity contribution in [3.05, 3.63) is 0 Å². The molecule has 1 amide bonds. The molecule has 0 aliphatic rings. The first kappa shape index (κ1) is 16.5. The van der Waals surface area contributed by atoms with Gasteiger partial charge < -0.3 is 10.1 Å². The van der Waals surface area contributed by atoms with Gasteiger partial charge in [0.05, 0.1) is 7.11 Å². The van der Waals surface area contributed by atoms with Crippen molar-refractivity contribution in [1.29, 1.82) is 0 Å². The van der Waals surface area contributed by atoms with Crippen LogP contribution in [0.3, 0.4) is 0 Å². The lowest BCUT2D eigenvalue weighted by atomic mass is 10.7. The molecule has 0 rings (SSSR count). The summed E-state index contributed by atoms with van der Waals surface area (Å²) in [4.78, 5) is 19.3. The molecule has 0 unspecified atom stereocenters. The SMILES string of the molecule is C.CNC(C)=O.COC(C)=O. The molecule has 68 valence electrons. The van der Waals surface area contributed by atoms with Gasteiger partial charge >= 0.3 is 5.97 Å². The smallest absolute Gasteiger partial charge is 0.302 e. The molecule has 0 radical (unpaired) electrons. The van der Waals surface area contributed by atoms with Crippen molar-refractivity contribution in [2.45, 2.75) is 21.3 Å². The van der Waals surface area contributed by atoms with Crippen molar-refractivity contribution >= 4 is 11.9 Å². The Bertz CT molecular complexity index is 98.3. The number of carbonyl (C=O) groups is 2. The first-order valence-electron chi connectivity index (χ1n) is 2.77. The zero-order valence-electron chi connectivity index (χ0n) is 6.72. The lowest BCUT2D eigenvalue weighted by molar-refractivity contribution is -0.137. The summed E-state index contributed by atoms with van der Waals surface area (Å²) in [6.45, 7) is 2.83. The molecule has 0 aliphatic heterocycles. The van der Waals surface area contributed by atoms with Crippen LogP contribution in [0.5, 0.6) is 0 Å². The van der Waals surface area contributed by atoms with Gasteiger partial charge in [0.25, 0.3) is 0 Å². The lowest BCUT2D eigenvalue weighted by Crippen LogP contribution is -2.11. The predicted octanol–water partition coefficient (Wildman–Crippen LogP) is 0.568. The summed E-state index contributed by atoms with van der Waals surface area (Å²) in [5.74, 6) is -0.241. The summed E-state index contributed by atoms with van der Waals surface area (Å²) in [5, 5.41) is 2.39. The van der Waals surface area contributed by atoms with E-state index in [2.05, 4.69) is 10.1 Å². The van der Waals surface area contributed by atoms with E-state index in [9.17, 15) is 9.59 Å². The van der Waals surface area contributed by atoms with E-state index in [0.29, 0.717) is 0 Å². The van der Waals surface area contributed by atoms with Crippen LogP contribution in [-0.2, 0) is 14.3 Å². The molecule has 0 aliphatic carbocycles. The molecular weight excluding hydrogens is 146 g/mol. The van der Waals surface area contributed by atoms with Crippen molar-refractivity contribution in [3.63, 3.8) is 0 Å². The highest BCUT2D eigenvalue weighted by Crippen LogP contribution is 1.60. The maximum absolute atomic E-state index is 9.70. The number of nitrogens with one attached hydrogen (secondary N) is 1. The average Bonchev–Trinajstić information content (AvgIpc) is 1.89. The Morgan fingerprint density at radius 2 is 1.45 bits per heavy atom. The Balaban J connectivity index is -0.000000107.